The lowest BCUT2D eigenvalue weighted by Gasteiger charge is -2.18. The Hall–Kier alpha value is -3.42. The Labute approximate surface area is 169 Å². The molecule has 8 heteroatoms. The fraction of sp³-hybridized carbons (Fsp3) is 0.333. The van der Waals surface area contributed by atoms with Gasteiger partial charge in [0, 0.05) is 30.8 Å². The van der Waals surface area contributed by atoms with Crippen molar-refractivity contribution in [1.82, 2.24) is 0 Å². The molecule has 2 aromatic rings. The molecule has 1 atom stereocenters. The number of amides is 2. The lowest BCUT2D eigenvalue weighted by Crippen LogP contribution is -2.32. The molecular weight excluding hydrogens is 374 g/mol. The van der Waals surface area contributed by atoms with E-state index < -0.39 is 6.04 Å². The van der Waals surface area contributed by atoms with Crippen LogP contribution >= 0.6 is 0 Å². The van der Waals surface area contributed by atoms with E-state index in [-0.39, 0.29) is 11.8 Å². The van der Waals surface area contributed by atoms with Crippen LogP contribution in [-0.4, -0.2) is 38.2 Å². The number of fused-ring (bicyclic) bond motifs is 1. The zero-order chi connectivity index (χ0) is 20.8. The maximum absolute atomic E-state index is 12.7. The summed E-state index contributed by atoms with van der Waals surface area (Å²) < 4.78 is 16.6. The van der Waals surface area contributed by atoms with Crippen LogP contribution in [0.2, 0.25) is 0 Å². The molecule has 2 amide bonds. The van der Waals surface area contributed by atoms with Gasteiger partial charge in [0.1, 0.15) is 11.8 Å². The lowest BCUT2D eigenvalue weighted by atomic mass is 10.2. The number of ether oxygens (including phenoxy) is 3. The minimum Gasteiger partial charge on any atom is -0.495 e. The van der Waals surface area contributed by atoms with Gasteiger partial charge in [-0.25, -0.2) is 0 Å². The summed E-state index contributed by atoms with van der Waals surface area (Å²) in [7, 11) is 1.52. The second-order valence-electron chi connectivity index (χ2n) is 6.66. The summed E-state index contributed by atoms with van der Waals surface area (Å²) in [6.45, 7) is 4.39. The Morgan fingerprint density at radius 3 is 2.45 bits per heavy atom. The van der Waals surface area contributed by atoms with Crippen molar-refractivity contribution < 1.29 is 23.8 Å². The largest absolute Gasteiger partial charge is 0.495 e. The first kappa shape index (κ1) is 20.3. The summed E-state index contributed by atoms with van der Waals surface area (Å²) >= 11 is 0. The van der Waals surface area contributed by atoms with Gasteiger partial charge in [-0.05, 0) is 37.3 Å². The standard InChI is InChI=1S/C21H25N3O5/c1-13(22-16-6-8-19-20(12-16)29-10-4-9-28-19)21(26)24-17-11-15(23-14(2)25)5-7-18(17)27-3/h5-8,11-13,22H,4,9-10H2,1-3H3,(H,23,25)(H,24,26)/t13-/m0/s1. The van der Waals surface area contributed by atoms with Gasteiger partial charge in [0.25, 0.3) is 0 Å². The third-order valence-electron chi connectivity index (χ3n) is 4.30. The number of hydrogen-bond acceptors (Lipinski definition) is 6. The van der Waals surface area contributed by atoms with E-state index in [1.165, 1.54) is 14.0 Å². The zero-order valence-electron chi connectivity index (χ0n) is 16.7. The van der Waals surface area contributed by atoms with Crippen molar-refractivity contribution in [3.8, 4) is 17.2 Å². The van der Waals surface area contributed by atoms with Crippen molar-refractivity contribution in [2.45, 2.75) is 26.3 Å². The van der Waals surface area contributed by atoms with Crippen LogP contribution in [0.25, 0.3) is 0 Å². The molecule has 0 fully saturated rings. The summed E-state index contributed by atoms with van der Waals surface area (Å²) in [4.78, 5) is 24.0. The van der Waals surface area contributed by atoms with E-state index in [9.17, 15) is 9.59 Å². The molecule has 3 rings (SSSR count). The molecule has 1 aliphatic heterocycles. The van der Waals surface area contributed by atoms with Crippen molar-refractivity contribution >= 4 is 28.9 Å². The van der Waals surface area contributed by atoms with Crippen LogP contribution in [-0.2, 0) is 9.59 Å². The molecule has 0 aromatic heterocycles. The van der Waals surface area contributed by atoms with Gasteiger partial charge in [0.2, 0.25) is 11.8 Å². The molecule has 1 heterocycles. The average Bonchev–Trinajstić information content (AvgIpc) is 2.92. The van der Waals surface area contributed by atoms with E-state index in [4.69, 9.17) is 14.2 Å². The summed E-state index contributed by atoms with van der Waals surface area (Å²) in [6.07, 6.45) is 0.829. The predicted octanol–water partition coefficient (Wildman–Crippen LogP) is 3.25. The molecule has 0 unspecified atom stereocenters. The van der Waals surface area contributed by atoms with Gasteiger partial charge in [0.15, 0.2) is 11.5 Å². The van der Waals surface area contributed by atoms with Crippen LogP contribution < -0.4 is 30.2 Å². The molecule has 8 nitrogen and oxygen atoms in total. The number of rotatable bonds is 6. The highest BCUT2D eigenvalue weighted by Crippen LogP contribution is 2.33. The number of anilines is 3. The first-order valence-electron chi connectivity index (χ1n) is 9.39. The molecule has 3 N–H and O–H groups in total. The highest BCUT2D eigenvalue weighted by Gasteiger charge is 2.17. The highest BCUT2D eigenvalue weighted by molar-refractivity contribution is 5.98. The fourth-order valence-electron chi connectivity index (χ4n) is 2.90. The lowest BCUT2D eigenvalue weighted by molar-refractivity contribution is -0.116. The van der Waals surface area contributed by atoms with Crippen LogP contribution in [0.4, 0.5) is 17.1 Å². The molecule has 0 bridgehead atoms. The quantitative estimate of drug-likeness (QED) is 0.690. The summed E-state index contributed by atoms with van der Waals surface area (Å²) in [6, 6.07) is 10.00. The van der Waals surface area contributed by atoms with Gasteiger partial charge in [-0.2, -0.15) is 0 Å². The van der Waals surface area contributed by atoms with E-state index >= 15 is 0 Å². The van der Waals surface area contributed by atoms with E-state index in [1.807, 2.05) is 18.2 Å². The van der Waals surface area contributed by atoms with E-state index in [0.29, 0.717) is 41.8 Å². The Kier molecular flexibility index (Phi) is 6.43. The summed E-state index contributed by atoms with van der Waals surface area (Å²) in [5.74, 6) is 1.40. The Morgan fingerprint density at radius 1 is 1.00 bits per heavy atom. The molecule has 0 spiro atoms. The zero-order valence-corrected chi connectivity index (χ0v) is 16.7. The third kappa shape index (κ3) is 5.31. The van der Waals surface area contributed by atoms with Crippen LogP contribution in [0.5, 0.6) is 17.2 Å². The maximum Gasteiger partial charge on any atom is 0.246 e. The Bertz CT molecular complexity index is 900. The first-order chi connectivity index (χ1) is 14.0. The SMILES string of the molecule is COc1ccc(NC(C)=O)cc1NC(=O)[C@H](C)Nc1ccc2c(c1)OCCCO2. The van der Waals surface area contributed by atoms with Gasteiger partial charge in [-0.1, -0.05) is 0 Å². The van der Waals surface area contributed by atoms with Crippen molar-refractivity contribution in [2.75, 3.05) is 36.3 Å². The topological polar surface area (TPSA) is 97.9 Å². The second kappa shape index (κ2) is 9.18. The van der Waals surface area contributed by atoms with E-state index in [2.05, 4.69) is 16.0 Å². The normalized spacial score (nSPS) is 13.6. The van der Waals surface area contributed by atoms with Crippen molar-refractivity contribution in [3.63, 3.8) is 0 Å². The highest BCUT2D eigenvalue weighted by atomic mass is 16.5. The summed E-state index contributed by atoms with van der Waals surface area (Å²) in [5.41, 5.74) is 1.78. The Morgan fingerprint density at radius 2 is 1.72 bits per heavy atom. The minimum absolute atomic E-state index is 0.197. The minimum atomic E-state index is -0.533. The molecular formula is C21H25N3O5. The molecule has 0 saturated heterocycles. The molecule has 154 valence electrons. The molecule has 0 saturated carbocycles. The van der Waals surface area contributed by atoms with Crippen LogP contribution in [0.1, 0.15) is 20.3 Å². The monoisotopic (exact) mass is 399 g/mol. The van der Waals surface area contributed by atoms with Crippen LogP contribution in [0, 0.1) is 0 Å². The predicted molar refractivity (Wildman–Crippen MR) is 111 cm³/mol. The maximum atomic E-state index is 12.7. The van der Waals surface area contributed by atoms with Gasteiger partial charge < -0.3 is 30.2 Å². The number of methoxy groups -OCH3 is 1. The number of carbonyl (C=O) groups is 2. The van der Waals surface area contributed by atoms with E-state index in [0.717, 1.165) is 12.1 Å². The van der Waals surface area contributed by atoms with Gasteiger partial charge in [0.05, 0.1) is 26.0 Å². The molecule has 2 aromatic carbocycles. The smallest absolute Gasteiger partial charge is 0.246 e. The second-order valence-corrected chi connectivity index (χ2v) is 6.66. The molecule has 0 radical (unpaired) electrons. The van der Waals surface area contributed by atoms with Crippen molar-refractivity contribution in [1.29, 1.82) is 0 Å². The first-order valence-corrected chi connectivity index (χ1v) is 9.39. The average molecular weight is 399 g/mol. The van der Waals surface area contributed by atoms with Gasteiger partial charge >= 0.3 is 0 Å². The number of nitrogens with one attached hydrogen (secondary N) is 3. The van der Waals surface area contributed by atoms with Crippen molar-refractivity contribution in [3.05, 3.63) is 36.4 Å². The van der Waals surface area contributed by atoms with Crippen LogP contribution in [0.15, 0.2) is 36.4 Å². The Balaban J connectivity index is 1.69. The number of benzene rings is 2. The number of hydrogen-bond donors (Lipinski definition) is 3. The summed E-state index contributed by atoms with van der Waals surface area (Å²) in [5, 5.41) is 8.68. The van der Waals surface area contributed by atoms with Gasteiger partial charge in [-0.3, -0.25) is 9.59 Å². The van der Waals surface area contributed by atoms with E-state index in [1.54, 1.807) is 25.1 Å². The van der Waals surface area contributed by atoms with Crippen LogP contribution in [0.3, 0.4) is 0 Å². The molecule has 29 heavy (non-hydrogen) atoms. The fourth-order valence-corrected chi connectivity index (χ4v) is 2.90. The third-order valence-corrected chi connectivity index (χ3v) is 4.30. The number of carbonyl (C=O) groups excluding carboxylic acids is 2. The molecule has 1 aliphatic rings. The molecule has 0 aliphatic carbocycles. The van der Waals surface area contributed by atoms with Crippen molar-refractivity contribution in [2.24, 2.45) is 0 Å². The van der Waals surface area contributed by atoms with Gasteiger partial charge in [-0.15, -0.1) is 0 Å².